The van der Waals surface area contributed by atoms with E-state index in [1.165, 1.54) is 5.56 Å². The molecule has 9 heteroatoms. The van der Waals surface area contributed by atoms with Crippen molar-refractivity contribution in [3.63, 3.8) is 0 Å². The number of piperazine rings is 1. The van der Waals surface area contributed by atoms with Crippen molar-refractivity contribution in [3.05, 3.63) is 88.9 Å². The summed E-state index contributed by atoms with van der Waals surface area (Å²) in [4.78, 5) is 30.4. The number of methoxy groups -OCH3 is 1. The minimum absolute atomic E-state index is 0.161. The van der Waals surface area contributed by atoms with Crippen LogP contribution >= 0.6 is 11.6 Å². The minimum Gasteiger partial charge on any atom is -0.484 e. The number of amides is 2. The molecule has 39 heavy (non-hydrogen) atoms. The van der Waals surface area contributed by atoms with Crippen molar-refractivity contribution in [1.82, 2.24) is 10.2 Å². The first kappa shape index (κ1) is 28.4. The summed E-state index contributed by atoms with van der Waals surface area (Å²) in [5, 5.41) is 6.42. The average molecular weight is 551 g/mol. The molecule has 0 aromatic heterocycles. The van der Waals surface area contributed by atoms with Crippen molar-refractivity contribution in [2.75, 3.05) is 63.3 Å². The van der Waals surface area contributed by atoms with Crippen LogP contribution in [-0.2, 0) is 16.1 Å². The molecule has 206 valence electrons. The van der Waals surface area contributed by atoms with Crippen molar-refractivity contribution in [2.24, 2.45) is 0 Å². The van der Waals surface area contributed by atoms with E-state index >= 15 is 0 Å². The number of benzene rings is 3. The monoisotopic (exact) mass is 550 g/mol. The van der Waals surface area contributed by atoms with Gasteiger partial charge in [-0.05, 0) is 54.4 Å². The molecule has 0 atom stereocenters. The van der Waals surface area contributed by atoms with Gasteiger partial charge in [0.25, 0.3) is 11.8 Å². The van der Waals surface area contributed by atoms with Crippen molar-refractivity contribution >= 4 is 34.8 Å². The van der Waals surface area contributed by atoms with E-state index in [1.54, 1.807) is 37.4 Å². The summed E-state index contributed by atoms with van der Waals surface area (Å²) < 4.78 is 10.6. The fraction of sp³-hybridized carbons (Fsp3) is 0.333. The summed E-state index contributed by atoms with van der Waals surface area (Å²) in [5.41, 5.74) is 3.21. The van der Waals surface area contributed by atoms with Crippen LogP contribution in [0.15, 0.2) is 72.8 Å². The highest BCUT2D eigenvalue weighted by Gasteiger charge is 2.22. The normalized spacial score (nSPS) is 13.6. The van der Waals surface area contributed by atoms with Crippen LogP contribution < -0.4 is 20.3 Å². The Morgan fingerprint density at radius 1 is 0.949 bits per heavy atom. The SMILES string of the molecule is COCCCNC(=O)c1cc(NC(=O)COc2ccc(Cl)cc2)ccc1N1CCN(Cc2ccccc2)CC1. The van der Waals surface area contributed by atoms with Gasteiger partial charge in [0.2, 0.25) is 0 Å². The molecule has 4 rings (SSSR count). The smallest absolute Gasteiger partial charge is 0.262 e. The fourth-order valence-corrected chi connectivity index (χ4v) is 4.58. The van der Waals surface area contributed by atoms with Gasteiger partial charge in [0.15, 0.2) is 6.61 Å². The molecule has 1 heterocycles. The van der Waals surface area contributed by atoms with Gasteiger partial charge in [-0.25, -0.2) is 0 Å². The van der Waals surface area contributed by atoms with Crippen LogP contribution in [0.25, 0.3) is 0 Å². The molecular formula is C30H35ClN4O4. The first-order valence-electron chi connectivity index (χ1n) is 13.1. The zero-order chi connectivity index (χ0) is 27.5. The Kier molecular flexibility index (Phi) is 10.6. The molecule has 1 fully saturated rings. The highest BCUT2D eigenvalue weighted by molar-refractivity contribution is 6.30. The molecular weight excluding hydrogens is 516 g/mol. The van der Waals surface area contributed by atoms with Crippen LogP contribution in [0.4, 0.5) is 11.4 Å². The molecule has 3 aromatic rings. The fourth-order valence-electron chi connectivity index (χ4n) is 4.45. The number of ether oxygens (including phenoxy) is 2. The van der Waals surface area contributed by atoms with Gasteiger partial charge in [-0.3, -0.25) is 14.5 Å². The predicted molar refractivity (Wildman–Crippen MR) is 155 cm³/mol. The maximum atomic E-state index is 13.2. The van der Waals surface area contributed by atoms with Crippen molar-refractivity contribution in [3.8, 4) is 5.75 Å². The highest BCUT2D eigenvalue weighted by atomic mass is 35.5. The first-order chi connectivity index (χ1) is 19.0. The summed E-state index contributed by atoms with van der Waals surface area (Å²) >= 11 is 5.90. The molecule has 0 bridgehead atoms. The predicted octanol–water partition coefficient (Wildman–Crippen LogP) is 4.45. The first-order valence-corrected chi connectivity index (χ1v) is 13.5. The van der Waals surface area contributed by atoms with E-state index in [-0.39, 0.29) is 18.4 Å². The number of carbonyl (C=O) groups is 2. The van der Waals surface area contributed by atoms with Crippen LogP contribution in [0.2, 0.25) is 5.02 Å². The lowest BCUT2D eigenvalue weighted by Gasteiger charge is -2.37. The van der Waals surface area contributed by atoms with Crippen LogP contribution in [-0.4, -0.2) is 69.8 Å². The molecule has 0 spiro atoms. The van der Waals surface area contributed by atoms with Gasteiger partial charge >= 0.3 is 0 Å². The van der Waals surface area contributed by atoms with Gasteiger partial charge < -0.3 is 25.0 Å². The summed E-state index contributed by atoms with van der Waals surface area (Å²) in [7, 11) is 1.64. The van der Waals surface area contributed by atoms with E-state index in [2.05, 4.69) is 44.7 Å². The molecule has 1 aliphatic rings. The molecule has 3 aromatic carbocycles. The Morgan fingerprint density at radius 2 is 1.69 bits per heavy atom. The van der Waals surface area contributed by atoms with E-state index in [4.69, 9.17) is 21.1 Å². The Balaban J connectivity index is 1.41. The van der Waals surface area contributed by atoms with Gasteiger partial charge in [0.05, 0.1) is 5.56 Å². The Morgan fingerprint density at radius 3 is 2.41 bits per heavy atom. The number of hydrogen-bond donors (Lipinski definition) is 2. The zero-order valence-corrected chi connectivity index (χ0v) is 23.0. The number of halogens is 1. The van der Waals surface area contributed by atoms with Gasteiger partial charge in [-0.2, -0.15) is 0 Å². The lowest BCUT2D eigenvalue weighted by atomic mass is 10.1. The molecule has 0 saturated carbocycles. The minimum atomic E-state index is -0.321. The van der Waals surface area contributed by atoms with Crippen LogP contribution in [0.5, 0.6) is 5.75 Å². The molecule has 1 aliphatic heterocycles. The van der Waals surface area contributed by atoms with Crippen molar-refractivity contribution in [2.45, 2.75) is 13.0 Å². The number of nitrogens with zero attached hydrogens (tertiary/aromatic N) is 2. The third-order valence-electron chi connectivity index (χ3n) is 6.48. The lowest BCUT2D eigenvalue weighted by Crippen LogP contribution is -2.46. The highest BCUT2D eigenvalue weighted by Crippen LogP contribution is 2.26. The van der Waals surface area contributed by atoms with Gasteiger partial charge in [-0.15, -0.1) is 0 Å². The Hall–Kier alpha value is -3.59. The number of carbonyl (C=O) groups excluding carboxylic acids is 2. The number of rotatable bonds is 12. The zero-order valence-electron chi connectivity index (χ0n) is 22.2. The quantitative estimate of drug-likeness (QED) is 0.324. The molecule has 0 aliphatic carbocycles. The maximum absolute atomic E-state index is 13.2. The second-order valence-electron chi connectivity index (χ2n) is 9.37. The molecule has 2 N–H and O–H groups in total. The van der Waals surface area contributed by atoms with Crippen LogP contribution in [0, 0.1) is 0 Å². The Labute approximate surface area is 234 Å². The molecule has 0 unspecified atom stereocenters. The van der Waals surface area contributed by atoms with Crippen molar-refractivity contribution < 1.29 is 19.1 Å². The summed E-state index contributed by atoms with van der Waals surface area (Å²) in [5.74, 6) is 0.0486. The van der Waals surface area contributed by atoms with E-state index < -0.39 is 0 Å². The summed E-state index contributed by atoms with van der Waals surface area (Å²) in [6, 6.07) is 22.7. The number of anilines is 2. The second kappa shape index (κ2) is 14.5. The molecule has 2 amide bonds. The molecule has 8 nitrogen and oxygen atoms in total. The third-order valence-corrected chi connectivity index (χ3v) is 6.73. The van der Waals surface area contributed by atoms with Crippen LogP contribution in [0.3, 0.4) is 0 Å². The van der Waals surface area contributed by atoms with Crippen molar-refractivity contribution in [1.29, 1.82) is 0 Å². The largest absolute Gasteiger partial charge is 0.484 e. The second-order valence-corrected chi connectivity index (χ2v) is 9.81. The van der Waals surface area contributed by atoms with Gasteiger partial charge in [0.1, 0.15) is 5.75 Å². The van der Waals surface area contributed by atoms with E-state index in [0.29, 0.717) is 41.6 Å². The topological polar surface area (TPSA) is 83.1 Å². The summed E-state index contributed by atoms with van der Waals surface area (Å²) in [6.45, 7) is 5.21. The Bertz CT molecular complexity index is 1220. The van der Waals surface area contributed by atoms with E-state index in [1.807, 2.05) is 18.2 Å². The van der Waals surface area contributed by atoms with Gasteiger partial charge in [0, 0.05) is 69.4 Å². The molecule has 0 radical (unpaired) electrons. The molecule has 1 saturated heterocycles. The van der Waals surface area contributed by atoms with Crippen LogP contribution in [0.1, 0.15) is 22.3 Å². The number of nitrogens with one attached hydrogen (secondary N) is 2. The van der Waals surface area contributed by atoms with E-state index in [0.717, 1.165) is 38.4 Å². The third kappa shape index (κ3) is 8.71. The maximum Gasteiger partial charge on any atom is 0.262 e. The average Bonchev–Trinajstić information content (AvgIpc) is 2.96. The summed E-state index contributed by atoms with van der Waals surface area (Å²) in [6.07, 6.45) is 0.716. The standard InChI is InChI=1S/C30H35ClN4O4/c1-38-19-5-14-32-30(37)27-20-25(33-29(36)22-39-26-11-8-24(31)9-12-26)10-13-28(27)35-17-15-34(16-18-35)21-23-6-3-2-4-7-23/h2-4,6-13,20H,5,14-19,21-22H2,1H3,(H,32,37)(H,33,36). The number of hydrogen-bond acceptors (Lipinski definition) is 6. The van der Waals surface area contributed by atoms with E-state index in [9.17, 15) is 9.59 Å². The van der Waals surface area contributed by atoms with Gasteiger partial charge in [-0.1, -0.05) is 41.9 Å². The lowest BCUT2D eigenvalue weighted by molar-refractivity contribution is -0.118.